The summed E-state index contributed by atoms with van der Waals surface area (Å²) in [6.07, 6.45) is 6.54. The van der Waals surface area contributed by atoms with Gasteiger partial charge in [0.15, 0.2) is 0 Å². The topological polar surface area (TPSA) is 49.9 Å². The number of hydrogen-bond acceptors (Lipinski definition) is 4. The maximum Gasteiger partial charge on any atom is 0.245 e. The highest BCUT2D eigenvalue weighted by Gasteiger charge is 2.61. The van der Waals surface area contributed by atoms with E-state index in [-0.39, 0.29) is 11.6 Å². The van der Waals surface area contributed by atoms with E-state index in [0.717, 1.165) is 48.5 Å². The van der Waals surface area contributed by atoms with Crippen LogP contribution >= 0.6 is 0 Å². The standard InChI is InChI=1S/C25H32N2O3S/c1-4-5-11-20-17-27(25-14-18(15-25)16-25)22-12-21(19-9-7-6-8-10-19)23(30-3)13-24(22)31(28,29)26(20)2/h6-10,12-13,18,20H,4-5,11,14-17H2,1-3H3/t18?,20-,25?/m1/s1. The molecule has 0 N–H and O–H groups in total. The minimum absolute atomic E-state index is 0.0162. The first kappa shape index (κ1) is 20.8. The number of sulfonamides is 1. The molecule has 1 atom stereocenters. The molecule has 3 saturated carbocycles. The summed E-state index contributed by atoms with van der Waals surface area (Å²) < 4.78 is 34.8. The molecule has 1 heterocycles. The zero-order valence-corrected chi connectivity index (χ0v) is 19.5. The molecule has 3 fully saturated rings. The van der Waals surface area contributed by atoms with Crippen LogP contribution in [0.4, 0.5) is 5.69 Å². The summed E-state index contributed by atoms with van der Waals surface area (Å²) >= 11 is 0. The molecule has 2 bridgehead atoms. The van der Waals surface area contributed by atoms with E-state index in [1.165, 1.54) is 19.3 Å². The number of anilines is 1. The van der Waals surface area contributed by atoms with Crippen LogP contribution in [0.2, 0.25) is 0 Å². The molecule has 2 aromatic rings. The van der Waals surface area contributed by atoms with Gasteiger partial charge in [0.1, 0.15) is 10.6 Å². The number of methoxy groups -OCH3 is 1. The second kappa shape index (κ2) is 7.52. The van der Waals surface area contributed by atoms with Gasteiger partial charge in [-0.3, -0.25) is 0 Å². The Morgan fingerprint density at radius 2 is 1.84 bits per heavy atom. The lowest BCUT2D eigenvalue weighted by molar-refractivity contribution is -0.0270. The summed E-state index contributed by atoms with van der Waals surface area (Å²) in [5.74, 6) is 1.42. The van der Waals surface area contributed by atoms with E-state index in [1.807, 2.05) is 18.2 Å². The Balaban J connectivity index is 1.70. The van der Waals surface area contributed by atoms with E-state index < -0.39 is 10.0 Å². The van der Waals surface area contributed by atoms with Gasteiger partial charge >= 0.3 is 0 Å². The average molecular weight is 441 g/mol. The van der Waals surface area contributed by atoms with Crippen LogP contribution in [0.3, 0.4) is 0 Å². The van der Waals surface area contributed by atoms with Gasteiger partial charge in [0.05, 0.1) is 12.8 Å². The maximum atomic E-state index is 13.7. The number of benzene rings is 2. The predicted molar refractivity (Wildman–Crippen MR) is 124 cm³/mol. The van der Waals surface area contributed by atoms with Crippen molar-refractivity contribution in [2.24, 2.45) is 5.92 Å². The molecule has 4 aliphatic rings. The van der Waals surface area contributed by atoms with Crippen molar-refractivity contribution >= 4 is 15.7 Å². The average Bonchev–Trinajstić information content (AvgIpc) is 2.79. The molecule has 1 aliphatic heterocycles. The van der Waals surface area contributed by atoms with Crippen LogP contribution in [0.15, 0.2) is 47.4 Å². The minimum atomic E-state index is -3.62. The third kappa shape index (κ3) is 3.18. The van der Waals surface area contributed by atoms with Crippen molar-refractivity contribution in [1.82, 2.24) is 4.31 Å². The molecule has 0 unspecified atom stereocenters. The summed E-state index contributed by atoms with van der Waals surface area (Å²) in [6.45, 7) is 2.92. The Bertz CT molecular complexity index is 1070. The lowest BCUT2D eigenvalue weighted by atomic mass is 9.49. The van der Waals surface area contributed by atoms with Crippen molar-refractivity contribution in [1.29, 1.82) is 0 Å². The number of ether oxygens (including phenoxy) is 1. The lowest BCUT2D eigenvalue weighted by Gasteiger charge is -2.67. The molecule has 2 aromatic carbocycles. The first-order valence-corrected chi connectivity index (χ1v) is 12.9. The van der Waals surface area contributed by atoms with Gasteiger partial charge in [0.25, 0.3) is 0 Å². The quantitative estimate of drug-likeness (QED) is 0.640. The van der Waals surface area contributed by atoms with Gasteiger partial charge in [-0.2, -0.15) is 4.31 Å². The van der Waals surface area contributed by atoms with Crippen LogP contribution in [0.1, 0.15) is 45.4 Å². The molecular weight excluding hydrogens is 408 g/mol. The molecule has 6 rings (SSSR count). The van der Waals surface area contributed by atoms with E-state index in [4.69, 9.17) is 4.74 Å². The Morgan fingerprint density at radius 3 is 2.42 bits per heavy atom. The third-order valence-corrected chi connectivity index (χ3v) is 9.63. The fourth-order valence-corrected chi connectivity index (χ4v) is 7.24. The molecule has 3 aliphatic carbocycles. The van der Waals surface area contributed by atoms with Crippen LogP contribution in [-0.4, -0.2) is 45.0 Å². The van der Waals surface area contributed by atoms with E-state index in [0.29, 0.717) is 10.6 Å². The van der Waals surface area contributed by atoms with Crippen LogP contribution in [0, 0.1) is 5.92 Å². The Hall–Kier alpha value is -2.05. The molecule has 0 saturated heterocycles. The van der Waals surface area contributed by atoms with Gasteiger partial charge in [-0.15, -0.1) is 0 Å². The molecule has 31 heavy (non-hydrogen) atoms. The van der Waals surface area contributed by atoms with Gasteiger partial charge in [-0.05, 0) is 43.2 Å². The highest BCUT2D eigenvalue weighted by atomic mass is 32.2. The van der Waals surface area contributed by atoms with E-state index in [9.17, 15) is 8.42 Å². The van der Waals surface area contributed by atoms with Crippen molar-refractivity contribution in [3.63, 3.8) is 0 Å². The van der Waals surface area contributed by atoms with Crippen LogP contribution in [0.25, 0.3) is 11.1 Å². The predicted octanol–water partition coefficient (Wildman–Crippen LogP) is 4.91. The lowest BCUT2D eigenvalue weighted by Crippen LogP contribution is -2.69. The number of nitrogens with zero attached hydrogens (tertiary/aromatic N) is 2. The van der Waals surface area contributed by atoms with Gasteiger partial charge in [0, 0.05) is 36.8 Å². The molecule has 0 amide bonds. The number of fused-ring (bicyclic) bond motifs is 1. The Labute approximate surface area is 186 Å². The van der Waals surface area contributed by atoms with Gasteiger partial charge in [-0.25, -0.2) is 8.42 Å². The van der Waals surface area contributed by atoms with Crippen LogP contribution in [0.5, 0.6) is 5.75 Å². The van der Waals surface area contributed by atoms with Crippen molar-refractivity contribution in [2.75, 3.05) is 25.6 Å². The largest absolute Gasteiger partial charge is 0.496 e. The zero-order chi connectivity index (χ0) is 21.8. The van der Waals surface area contributed by atoms with E-state index >= 15 is 0 Å². The van der Waals surface area contributed by atoms with Gasteiger partial charge in [-0.1, -0.05) is 50.1 Å². The Morgan fingerprint density at radius 1 is 1.13 bits per heavy atom. The molecule has 166 valence electrons. The molecular formula is C25H32N2O3S. The van der Waals surface area contributed by atoms with Crippen LogP contribution < -0.4 is 9.64 Å². The number of hydrogen-bond donors (Lipinski definition) is 0. The van der Waals surface area contributed by atoms with Crippen molar-refractivity contribution in [2.45, 2.75) is 61.9 Å². The van der Waals surface area contributed by atoms with Gasteiger partial charge in [0.2, 0.25) is 10.0 Å². The molecule has 5 nitrogen and oxygen atoms in total. The first-order valence-electron chi connectivity index (χ1n) is 11.4. The molecule has 0 aromatic heterocycles. The molecule has 6 heteroatoms. The van der Waals surface area contributed by atoms with Crippen molar-refractivity contribution < 1.29 is 13.2 Å². The monoisotopic (exact) mass is 440 g/mol. The number of unbranched alkanes of at least 4 members (excludes halogenated alkanes) is 1. The summed E-state index contributed by atoms with van der Waals surface area (Å²) in [5.41, 5.74) is 2.97. The fraction of sp³-hybridized carbons (Fsp3) is 0.520. The fourth-order valence-electron chi connectivity index (χ4n) is 5.68. The highest BCUT2D eigenvalue weighted by Crippen LogP contribution is 2.62. The molecule has 0 spiro atoms. The second-order valence-corrected chi connectivity index (χ2v) is 11.5. The van der Waals surface area contributed by atoms with Crippen LogP contribution in [-0.2, 0) is 10.0 Å². The SMILES string of the molecule is CCCC[C@@H]1CN(C23CC(C2)C3)c2cc(-c3ccccc3)c(OC)cc2S(=O)(=O)N1C. The normalized spacial score (nSPS) is 28.8. The Kier molecular flexibility index (Phi) is 5.05. The van der Waals surface area contributed by atoms with Crippen molar-refractivity contribution in [3.8, 4) is 16.9 Å². The van der Waals surface area contributed by atoms with E-state index in [2.05, 4.69) is 30.0 Å². The minimum Gasteiger partial charge on any atom is -0.496 e. The maximum absolute atomic E-state index is 13.7. The molecule has 0 radical (unpaired) electrons. The smallest absolute Gasteiger partial charge is 0.245 e. The zero-order valence-electron chi connectivity index (χ0n) is 18.7. The summed E-state index contributed by atoms with van der Waals surface area (Å²) in [6, 6.07) is 13.9. The number of rotatable bonds is 6. The number of likely N-dealkylation sites (N-methyl/N-ethyl adjacent to an activating group) is 1. The summed E-state index contributed by atoms with van der Waals surface area (Å²) in [7, 11) is -0.249. The highest BCUT2D eigenvalue weighted by molar-refractivity contribution is 7.89. The first-order chi connectivity index (χ1) is 14.9. The summed E-state index contributed by atoms with van der Waals surface area (Å²) in [4.78, 5) is 2.84. The second-order valence-electron chi connectivity index (χ2n) is 9.52. The van der Waals surface area contributed by atoms with E-state index in [1.54, 1.807) is 24.5 Å². The summed E-state index contributed by atoms with van der Waals surface area (Å²) in [5, 5.41) is 0. The van der Waals surface area contributed by atoms with Gasteiger partial charge < -0.3 is 9.64 Å². The third-order valence-electron chi connectivity index (χ3n) is 7.69. The van der Waals surface area contributed by atoms with Crippen molar-refractivity contribution in [3.05, 3.63) is 42.5 Å².